The molecule has 3 rings (SSSR count). The fraction of sp³-hybridized carbons (Fsp3) is 0.182. The van der Waals surface area contributed by atoms with Gasteiger partial charge in [0, 0.05) is 30.3 Å². The van der Waals surface area contributed by atoms with Gasteiger partial charge >= 0.3 is 0 Å². The summed E-state index contributed by atoms with van der Waals surface area (Å²) >= 11 is 0. The average molecular weight is 333 g/mol. The van der Waals surface area contributed by atoms with Crippen LogP contribution in [0.4, 0.5) is 5.69 Å². The monoisotopic (exact) mass is 333 g/mol. The second kappa shape index (κ2) is 8.78. The summed E-state index contributed by atoms with van der Waals surface area (Å²) in [6, 6.07) is 26.5. The summed E-state index contributed by atoms with van der Waals surface area (Å²) in [6.45, 7) is 1.37. The molecule has 0 amide bonds. The van der Waals surface area contributed by atoms with Crippen LogP contribution in [0.1, 0.15) is 11.1 Å². The summed E-state index contributed by atoms with van der Waals surface area (Å²) < 4.78 is 11.3. The van der Waals surface area contributed by atoms with Crippen LogP contribution in [0.5, 0.6) is 11.5 Å². The summed E-state index contributed by atoms with van der Waals surface area (Å²) in [5.41, 5.74) is 3.45. The molecule has 0 spiro atoms. The standard InChI is InChI=1S/C22H23NO2/c1-24-21-12-7-11-20(16-21)23-17-19-10-5-6-13-22(19)25-15-14-18-8-3-2-4-9-18/h2-13,16,23H,14-15,17H2,1H3. The quantitative estimate of drug-likeness (QED) is 0.634. The molecular weight excluding hydrogens is 310 g/mol. The minimum Gasteiger partial charge on any atom is -0.497 e. The minimum absolute atomic E-state index is 0.667. The van der Waals surface area contributed by atoms with Crippen molar-refractivity contribution in [2.24, 2.45) is 0 Å². The van der Waals surface area contributed by atoms with Crippen molar-refractivity contribution in [2.45, 2.75) is 13.0 Å². The highest BCUT2D eigenvalue weighted by molar-refractivity contribution is 5.49. The predicted molar refractivity (Wildman–Crippen MR) is 102 cm³/mol. The van der Waals surface area contributed by atoms with Gasteiger partial charge in [-0.3, -0.25) is 0 Å². The van der Waals surface area contributed by atoms with E-state index in [-0.39, 0.29) is 0 Å². The SMILES string of the molecule is COc1cccc(NCc2ccccc2OCCc2ccccc2)c1. The first kappa shape index (κ1) is 16.9. The van der Waals surface area contributed by atoms with Crippen LogP contribution in [0.25, 0.3) is 0 Å². The number of ether oxygens (including phenoxy) is 2. The second-order valence-corrected chi connectivity index (χ2v) is 5.78. The van der Waals surface area contributed by atoms with E-state index in [1.165, 1.54) is 5.56 Å². The summed E-state index contributed by atoms with van der Waals surface area (Å²) in [4.78, 5) is 0. The van der Waals surface area contributed by atoms with Crippen LogP contribution in [-0.4, -0.2) is 13.7 Å². The lowest BCUT2D eigenvalue weighted by Gasteiger charge is -2.13. The van der Waals surface area contributed by atoms with E-state index in [9.17, 15) is 0 Å². The zero-order valence-electron chi connectivity index (χ0n) is 14.4. The number of rotatable bonds is 8. The van der Waals surface area contributed by atoms with E-state index in [1.807, 2.05) is 48.5 Å². The Morgan fingerprint density at radius 3 is 2.48 bits per heavy atom. The Labute approximate surface area is 149 Å². The average Bonchev–Trinajstić information content (AvgIpc) is 2.68. The van der Waals surface area contributed by atoms with Gasteiger partial charge in [-0.15, -0.1) is 0 Å². The van der Waals surface area contributed by atoms with Crippen molar-refractivity contribution in [3.8, 4) is 11.5 Å². The normalized spacial score (nSPS) is 10.3. The smallest absolute Gasteiger partial charge is 0.124 e. The molecule has 0 heterocycles. The zero-order valence-corrected chi connectivity index (χ0v) is 14.4. The summed E-state index contributed by atoms with van der Waals surface area (Å²) in [5, 5.41) is 3.42. The number of methoxy groups -OCH3 is 1. The van der Waals surface area contributed by atoms with Crippen LogP contribution in [0, 0.1) is 0 Å². The molecule has 3 aromatic rings. The molecule has 3 heteroatoms. The molecule has 0 atom stereocenters. The van der Waals surface area contributed by atoms with Crippen LogP contribution in [0.2, 0.25) is 0 Å². The number of nitrogens with one attached hydrogen (secondary N) is 1. The first-order valence-corrected chi connectivity index (χ1v) is 8.48. The van der Waals surface area contributed by atoms with Crippen molar-refractivity contribution in [2.75, 3.05) is 19.0 Å². The number of anilines is 1. The lowest BCUT2D eigenvalue weighted by molar-refractivity contribution is 0.319. The van der Waals surface area contributed by atoms with E-state index >= 15 is 0 Å². The van der Waals surface area contributed by atoms with Crippen LogP contribution < -0.4 is 14.8 Å². The van der Waals surface area contributed by atoms with Gasteiger partial charge in [-0.2, -0.15) is 0 Å². The predicted octanol–water partition coefficient (Wildman–Crippen LogP) is 4.93. The molecule has 3 nitrogen and oxygen atoms in total. The van der Waals surface area contributed by atoms with E-state index in [1.54, 1.807) is 7.11 Å². The molecule has 0 radical (unpaired) electrons. The Hall–Kier alpha value is -2.94. The van der Waals surface area contributed by atoms with Gasteiger partial charge in [-0.25, -0.2) is 0 Å². The van der Waals surface area contributed by atoms with Crippen LogP contribution in [0.3, 0.4) is 0 Å². The lowest BCUT2D eigenvalue weighted by Crippen LogP contribution is -2.06. The van der Waals surface area contributed by atoms with E-state index in [0.29, 0.717) is 13.2 Å². The van der Waals surface area contributed by atoms with Crippen molar-refractivity contribution < 1.29 is 9.47 Å². The Morgan fingerprint density at radius 2 is 1.64 bits per heavy atom. The highest BCUT2D eigenvalue weighted by Gasteiger charge is 2.04. The molecule has 0 aliphatic rings. The molecule has 0 bridgehead atoms. The third-order valence-corrected chi connectivity index (χ3v) is 4.02. The van der Waals surface area contributed by atoms with Gasteiger partial charge in [0.1, 0.15) is 11.5 Å². The van der Waals surface area contributed by atoms with Gasteiger partial charge in [0.25, 0.3) is 0 Å². The van der Waals surface area contributed by atoms with Crippen molar-refractivity contribution in [1.29, 1.82) is 0 Å². The van der Waals surface area contributed by atoms with Gasteiger partial charge in [0.15, 0.2) is 0 Å². The maximum absolute atomic E-state index is 6.01. The molecule has 25 heavy (non-hydrogen) atoms. The maximum atomic E-state index is 6.01. The zero-order chi connectivity index (χ0) is 17.3. The Bertz CT molecular complexity index is 787. The van der Waals surface area contributed by atoms with E-state index in [0.717, 1.165) is 29.2 Å². The van der Waals surface area contributed by atoms with Crippen molar-refractivity contribution in [3.63, 3.8) is 0 Å². The van der Waals surface area contributed by atoms with Gasteiger partial charge in [0.05, 0.1) is 13.7 Å². The van der Waals surface area contributed by atoms with Crippen molar-refractivity contribution >= 4 is 5.69 Å². The van der Waals surface area contributed by atoms with Gasteiger partial charge < -0.3 is 14.8 Å². The molecule has 0 aliphatic carbocycles. The van der Waals surface area contributed by atoms with E-state index in [4.69, 9.17) is 9.47 Å². The van der Waals surface area contributed by atoms with Gasteiger partial charge in [-0.1, -0.05) is 54.6 Å². The number of para-hydroxylation sites is 1. The Balaban J connectivity index is 1.58. The summed E-state index contributed by atoms with van der Waals surface area (Å²) in [6.07, 6.45) is 0.901. The first-order valence-electron chi connectivity index (χ1n) is 8.48. The highest BCUT2D eigenvalue weighted by Crippen LogP contribution is 2.22. The second-order valence-electron chi connectivity index (χ2n) is 5.78. The molecule has 1 N–H and O–H groups in total. The van der Waals surface area contributed by atoms with Gasteiger partial charge in [-0.05, 0) is 23.8 Å². The number of hydrogen-bond acceptors (Lipinski definition) is 3. The van der Waals surface area contributed by atoms with Crippen LogP contribution >= 0.6 is 0 Å². The molecular formula is C22H23NO2. The molecule has 0 saturated carbocycles. The first-order chi connectivity index (χ1) is 12.3. The molecule has 0 aromatic heterocycles. The largest absolute Gasteiger partial charge is 0.497 e. The highest BCUT2D eigenvalue weighted by atomic mass is 16.5. The fourth-order valence-electron chi connectivity index (χ4n) is 2.64. The van der Waals surface area contributed by atoms with Crippen molar-refractivity contribution in [1.82, 2.24) is 0 Å². The minimum atomic E-state index is 0.667. The van der Waals surface area contributed by atoms with Crippen molar-refractivity contribution in [3.05, 3.63) is 90.0 Å². The summed E-state index contributed by atoms with van der Waals surface area (Å²) in [5.74, 6) is 1.77. The molecule has 128 valence electrons. The topological polar surface area (TPSA) is 30.5 Å². The van der Waals surface area contributed by atoms with Crippen LogP contribution in [-0.2, 0) is 13.0 Å². The Kier molecular flexibility index (Phi) is 5.94. The number of hydrogen-bond donors (Lipinski definition) is 1. The molecule has 0 saturated heterocycles. The number of benzene rings is 3. The molecule has 0 unspecified atom stereocenters. The van der Waals surface area contributed by atoms with E-state index < -0.39 is 0 Å². The van der Waals surface area contributed by atoms with E-state index in [2.05, 4.69) is 35.6 Å². The van der Waals surface area contributed by atoms with Gasteiger partial charge in [0.2, 0.25) is 0 Å². The van der Waals surface area contributed by atoms with Crippen LogP contribution in [0.15, 0.2) is 78.9 Å². The molecule has 0 aliphatic heterocycles. The maximum Gasteiger partial charge on any atom is 0.124 e. The third-order valence-electron chi connectivity index (χ3n) is 4.02. The Morgan fingerprint density at radius 1 is 0.840 bits per heavy atom. The molecule has 3 aromatic carbocycles. The lowest BCUT2D eigenvalue weighted by atomic mass is 10.1. The molecule has 0 fully saturated rings. The fourth-order valence-corrected chi connectivity index (χ4v) is 2.64. The summed E-state index contributed by atoms with van der Waals surface area (Å²) in [7, 11) is 1.68. The third kappa shape index (κ3) is 5.01.